The van der Waals surface area contributed by atoms with Crippen molar-refractivity contribution in [1.82, 2.24) is 9.97 Å². The fourth-order valence-corrected chi connectivity index (χ4v) is 2.50. The Bertz CT molecular complexity index is 642. The van der Waals surface area contributed by atoms with Gasteiger partial charge in [-0.25, -0.2) is 14.8 Å². The predicted octanol–water partition coefficient (Wildman–Crippen LogP) is 2.17. The Balaban J connectivity index is 2.04. The highest BCUT2D eigenvalue weighted by molar-refractivity contribution is 6.02. The van der Waals surface area contributed by atoms with Gasteiger partial charge in [0.05, 0.1) is 11.1 Å². The third-order valence-corrected chi connectivity index (χ3v) is 3.55. The molecule has 0 aliphatic carbocycles. The number of carbonyl (C=O) groups is 1. The van der Waals surface area contributed by atoms with Gasteiger partial charge in [0.2, 0.25) is 5.95 Å². The van der Waals surface area contributed by atoms with Gasteiger partial charge in [-0.3, -0.25) is 0 Å². The fourth-order valence-electron chi connectivity index (χ4n) is 2.50. The van der Waals surface area contributed by atoms with Gasteiger partial charge >= 0.3 is 5.97 Å². The Kier molecular flexibility index (Phi) is 2.81. The number of carboxylic acid groups (broad SMARTS) is 1. The molecule has 1 aliphatic rings. The Labute approximate surface area is 110 Å². The monoisotopic (exact) mass is 257 g/mol. The van der Waals surface area contributed by atoms with Crippen molar-refractivity contribution in [1.29, 1.82) is 0 Å². The molecule has 98 valence electrons. The van der Waals surface area contributed by atoms with Crippen molar-refractivity contribution in [2.75, 3.05) is 18.0 Å². The molecule has 0 spiro atoms. The van der Waals surface area contributed by atoms with Crippen LogP contribution in [0.4, 0.5) is 5.95 Å². The first kappa shape index (κ1) is 11.9. The van der Waals surface area contributed by atoms with E-state index in [-0.39, 0.29) is 5.56 Å². The molecule has 2 aromatic rings. The van der Waals surface area contributed by atoms with Crippen LogP contribution in [0.25, 0.3) is 10.9 Å². The summed E-state index contributed by atoms with van der Waals surface area (Å²) < 4.78 is 0. The summed E-state index contributed by atoms with van der Waals surface area (Å²) in [7, 11) is 0. The molecule has 19 heavy (non-hydrogen) atoms. The first-order valence-electron chi connectivity index (χ1n) is 6.39. The van der Waals surface area contributed by atoms with Gasteiger partial charge in [0, 0.05) is 24.7 Å². The van der Waals surface area contributed by atoms with Crippen LogP contribution in [0.15, 0.2) is 24.4 Å². The lowest BCUT2D eigenvalue weighted by molar-refractivity contribution is 0.0699. The van der Waals surface area contributed by atoms with Crippen LogP contribution >= 0.6 is 0 Å². The van der Waals surface area contributed by atoms with Gasteiger partial charge in [0.25, 0.3) is 0 Å². The van der Waals surface area contributed by atoms with Gasteiger partial charge in [-0.15, -0.1) is 0 Å². The summed E-state index contributed by atoms with van der Waals surface area (Å²) in [6.07, 6.45) is 2.76. The second-order valence-corrected chi connectivity index (χ2v) is 5.05. The summed E-state index contributed by atoms with van der Waals surface area (Å²) in [5.74, 6) is 0.404. The van der Waals surface area contributed by atoms with Crippen LogP contribution in [-0.2, 0) is 0 Å². The first-order valence-corrected chi connectivity index (χ1v) is 6.39. The molecule has 1 atom stereocenters. The van der Waals surface area contributed by atoms with Crippen LogP contribution in [0.2, 0.25) is 0 Å². The lowest BCUT2D eigenvalue weighted by Gasteiger charge is -2.16. The number of carboxylic acids is 1. The second-order valence-electron chi connectivity index (χ2n) is 5.05. The van der Waals surface area contributed by atoms with Crippen LogP contribution in [0.5, 0.6) is 0 Å². The Hall–Kier alpha value is -2.17. The van der Waals surface area contributed by atoms with Gasteiger partial charge < -0.3 is 10.0 Å². The van der Waals surface area contributed by atoms with Crippen LogP contribution in [-0.4, -0.2) is 34.1 Å². The van der Waals surface area contributed by atoms with E-state index >= 15 is 0 Å². The third-order valence-electron chi connectivity index (χ3n) is 3.55. The number of hydrogen-bond acceptors (Lipinski definition) is 4. The summed E-state index contributed by atoms with van der Waals surface area (Å²) >= 11 is 0. The number of rotatable bonds is 2. The molecule has 1 aromatic carbocycles. The van der Waals surface area contributed by atoms with E-state index in [0.717, 1.165) is 19.5 Å². The number of hydrogen-bond donors (Lipinski definition) is 1. The minimum absolute atomic E-state index is 0.249. The summed E-state index contributed by atoms with van der Waals surface area (Å²) in [5.41, 5.74) is 0.934. The smallest absolute Gasteiger partial charge is 0.336 e. The fraction of sp³-hybridized carbons (Fsp3) is 0.357. The van der Waals surface area contributed by atoms with Crippen LogP contribution in [0, 0.1) is 5.92 Å². The minimum atomic E-state index is -0.947. The molecule has 1 saturated heterocycles. The average molecular weight is 257 g/mol. The standard InChI is InChI=1S/C14H15N3O2/c1-9-5-6-17(8-9)14-15-7-11-10(13(18)19)3-2-4-12(11)16-14/h2-4,7,9H,5-6,8H2,1H3,(H,18,19). The highest BCUT2D eigenvalue weighted by atomic mass is 16.4. The molecular formula is C14H15N3O2. The van der Waals surface area contributed by atoms with Crippen molar-refractivity contribution < 1.29 is 9.90 Å². The maximum atomic E-state index is 11.1. The number of fused-ring (bicyclic) bond motifs is 1. The third kappa shape index (κ3) is 2.12. The van der Waals surface area contributed by atoms with Crippen molar-refractivity contribution in [2.24, 2.45) is 5.92 Å². The SMILES string of the molecule is CC1CCN(c2ncc3c(C(=O)O)cccc3n2)C1. The minimum Gasteiger partial charge on any atom is -0.478 e. The van der Waals surface area contributed by atoms with E-state index in [2.05, 4.69) is 21.8 Å². The summed E-state index contributed by atoms with van der Waals surface area (Å²) in [6, 6.07) is 5.12. The van der Waals surface area contributed by atoms with Gasteiger partial charge in [-0.2, -0.15) is 0 Å². The summed E-state index contributed by atoms with van der Waals surface area (Å²) in [5, 5.41) is 9.72. The van der Waals surface area contributed by atoms with Crippen molar-refractivity contribution in [3.8, 4) is 0 Å². The topological polar surface area (TPSA) is 66.3 Å². The normalized spacial score (nSPS) is 19.0. The highest BCUT2D eigenvalue weighted by Crippen LogP contribution is 2.23. The Morgan fingerprint density at radius 1 is 1.47 bits per heavy atom. The lowest BCUT2D eigenvalue weighted by atomic mass is 10.1. The number of nitrogens with zero attached hydrogens (tertiary/aromatic N) is 3. The summed E-state index contributed by atoms with van der Waals surface area (Å²) in [4.78, 5) is 22.1. The van der Waals surface area contributed by atoms with E-state index in [0.29, 0.717) is 22.8 Å². The molecule has 0 saturated carbocycles. The lowest BCUT2D eigenvalue weighted by Crippen LogP contribution is -2.21. The molecule has 0 radical (unpaired) electrons. The highest BCUT2D eigenvalue weighted by Gasteiger charge is 2.21. The number of aromatic carboxylic acids is 1. The molecule has 0 bridgehead atoms. The number of anilines is 1. The quantitative estimate of drug-likeness (QED) is 0.893. The second kappa shape index (κ2) is 4.50. The number of benzene rings is 1. The van der Waals surface area contributed by atoms with Crippen molar-refractivity contribution in [2.45, 2.75) is 13.3 Å². The van der Waals surface area contributed by atoms with Crippen molar-refractivity contribution in [3.63, 3.8) is 0 Å². The van der Waals surface area contributed by atoms with E-state index < -0.39 is 5.97 Å². The molecule has 1 aromatic heterocycles. The first-order chi connectivity index (χ1) is 9.15. The van der Waals surface area contributed by atoms with Gasteiger partial charge in [-0.05, 0) is 24.5 Å². The predicted molar refractivity (Wildman–Crippen MR) is 72.5 cm³/mol. The van der Waals surface area contributed by atoms with Gasteiger partial charge in [0.1, 0.15) is 0 Å². The van der Waals surface area contributed by atoms with Crippen LogP contribution in [0.3, 0.4) is 0 Å². The zero-order chi connectivity index (χ0) is 13.4. The Morgan fingerprint density at radius 2 is 2.32 bits per heavy atom. The van der Waals surface area contributed by atoms with Gasteiger partial charge in [-0.1, -0.05) is 13.0 Å². The van der Waals surface area contributed by atoms with E-state index in [1.54, 1.807) is 18.3 Å². The molecule has 1 fully saturated rings. The molecule has 5 nitrogen and oxygen atoms in total. The average Bonchev–Trinajstić information content (AvgIpc) is 2.84. The molecule has 1 N–H and O–H groups in total. The largest absolute Gasteiger partial charge is 0.478 e. The van der Waals surface area contributed by atoms with E-state index in [9.17, 15) is 4.79 Å². The summed E-state index contributed by atoms with van der Waals surface area (Å²) in [6.45, 7) is 4.14. The van der Waals surface area contributed by atoms with Crippen LogP contribution < -0.4 is 4.90 Å². The molecular weight excluding hydrogens is 242 g/mol. The van der Waals surface area contributed by atoms with Crippen molar-refractivity contribution in [3.05, 3.63) is 30.0 Å². The zero-order valence-electron chi connectivity index (χ0n) is 10.7. The maximum absolute atomic E-state index is 11.1. The molecule has 2 heterocycles. The van der Waals surface area contributed by atoms with Crippen molar-refractivity contribution >= 4 is 22.8 Å². The zero-order valence-corrected chi connectivity index (χ0v) is 10.7. The van der Waals surface area contributed by atoms with E-state index in [1.165, 1.54) is 0 Å². The molecule has 3 rings (SSSR count). The Morgan fingerprint density at radius 3 is 3.00 bits per heavy atom. The molecule has 1 aliphatic heterocycles. The molecule has 1 unspecified atom stereocenters. The van der Waals surface area contributed by atoms with Gasteiger partial charge in [0.15, 0.2) is 0 Å². The molecule has 5 heteroatoms. The number of aromatic nitrogens is 2. The van der Waals surface area contributed by atoms with Crippen LogP contribution in [0.1, 0.15) is 23.7 Å². The van der Waals surface area contributed by atoms with E-state index in [1.807, 2.05) is 6.07 Å². The molecule has 0 amide bonds. The van der Waals surface area contributed by atoms with E-state index in [4.69, 9.17) is 5.11 Å². The maximum Gasteiger partial charge on any atom is 0.336 e.